The topological polar surface area (TPSA) is 72.8 Å². The molecule has 1 aliphatic heterocycles. The van der Waals surface area contributed by atoms with Crippen molar-refractivity contribution in [3.63, 3.8) is 0 Å². The number of fused-ring (bicyclic) bond motifs is 1. The molecule has 0 spiro atoms. The maximum absolute atomic E-state index is 11.9. The summed E-state index contributed by atoms with van der Waals surface area (Å²) in [5.41, 5.74) is 3.50. The van der Waals surface area contributed by atoms with E-state index in [1.807, 2.05) is 36.7 Å². The minimum atomic E-state index is -0.831. The summed E-state index contributed by atoms with van der Waals surface area (Å²) in [4.78, 5) is 27.1. The van der Waals surface area contributed by atoms with Crippen molar-refractivity contribution < 1.29 is 9.90 Å². The lowest BCUT2D eigenvalue weighted by Gasteiger charge is -2.43. The lowest BCUT2D eigenvalue weighted by Crippen LogP contribution is -2.58. The molecule has 0 aromatic carbocycles. The smallest absolute Gasteiger partial charge is 0.407 e. The van der Waals surface area contributed by atoms with Gasteiger partial charge in [0.25, 0.3) is 0 Å². The molecule has 4 rings (SSSR count). The number of piperazine rings is 1. The molecule has 7 nitrogen and oxygen atoms in total. The van der Waals surface area contributed by atoms with E-state index >= 15 is 0 Å². The number of carboxylic acid groups (broad SMARTS) is 1. The quantitative estimate of drug-likeness (QED) is 0.839. The number of hydrogen-bond donors (Lipinski definition) is 1. The number of nitrogens with zero attached hydrogens (tertiary/aromatic N) is 5. The Hall–Kier alpha value is -2.51. The van der Waals surface area contributed by atoms with E-state index in [1.165, 1.54) is 5.56 Å². The van der Waals surface area contributed by atoms with Crippen LogP contribution in [0.3, 0.4) is 0 Å². The molecule has 1 fully saturated rings. The second-order valence-electron chi connectivity index (χ2n) is 8.08. The Morgan fingerprint density at radius 2 is 2.07 bits per heavy atom. The molecular weight excluding hydrogens is 366 g/mol. The molecule has 1 amide bonds. The minimum absolute atomic E-state index is 0.0657. The molecule has 0 bridgehead atoms. The molecule has 1 saturated heterocycles. The molecule has 0 saturated carbocycles. The van der Waals surface area contributed by atoms with E-state index in [2.05, 4.69) is 32.9 Å². The molecule has 0 radical (unpaired) electrons. The van der Waals surface area contributed by atoms with Crippen molar-refractivity contribution in [1.29, 1.82) is 0 Å². The fourth-order valence-corrected chi connectivity index (χ4v) is 4.67. The zero-order valence-electron chi connectivity index (χ0n) is 16.9. The Morgan fingerprint density at radius 1 is 1.21 bits per heavy atom. The van der Waals surface area contributed by atoms with E-state index in [0.717, 1.165) is 50.3 Å². The standard InChI is InChI=1S/C22H29N5O2/c1-25(20-9-4-6-17-7-5-11-24-21(17)20)15-19-16-26(12-13-27(19)22(28)29)14-18-8-2-3-10-23-18/h2-3,5,7-8,10-11,19-20H,4,6,9,12-16H2,1H3,(H,28,29)/t19-,20-/m0/s1. The lowest BCUT2D eigenvalue weighted by molar-refractivity contribution is 0.0423. The molecule has 2 aromatic rings. The normalized spacial score (nSPS) is 22.5. The van der Waals surface area contributed by atoms with Crippen LogP contribution in [0.15, 0.2) is 42.7 Å². The third-order valence-corrected chi connectivity index (χ3v) is 6.12. The van der Waals surface area contributed by atoms with Crippen molar-refractivity contribution in [3.05, 3.63) is 59.7 Å². The highest BCUT2D eigenvalue weighted by atomic mass is 16.4. The highest BCUT2D eigenvalue weighted by Gasteiger charge is 2.34. The molecule has 1 N–H and O–H groups in total. The summed E-state index contributed by atoms with van der Waals surface area (Å²) in [6.07, 6.45) is 6.13. The van der Waals surface area contributed by atoms with Crippen LogP contribution in [0.5, 0.6) is 0 Å². The van der Waals surface area contributed by atoms with E-state index < -0.39 is 6.09 Å². The van der Waals surface area contributed by atoms with Gasteiger partial charge in [0.2, 0.25) is 0 Å². The van der Waals surface area contributed by atoms with Crippen LogP contribution in [0.25, 0.3) is 0 Å². The number of carbonyl (C=O) groups is 1. The zero-order valence-corrected chi connectivity index (χ0v) is 16.9. The number of aromatic nitrogens is 2. The number of likely N-dealkylation sites (N-methyl/N-ethyl adjacent to an activating group) is 1. The molecule has 29 heavy (non-hydrogen) atoms. The van der Waals surface area contributed by atoms with E-state index in [4.69, 9.17) is 0 Å². The first-order chi connectivity index (χ1) is 14.1. The number of aryl methyl sites for hydroxylation is 1. The third kappa shape index (κ3) is 4.57. The van der Waals surface area contributed by atoms with Crippen LogP contribution < -0.4 is 0 Å². The molecule has 154 valence electrons. The van der Waals surface area contributed by atoms with Gasteiger partial charge in [-0.2, -0.15) is 0 Å². The predicted octanol–water partition coefficient (Wildman–Crippen LogP) is 2.65. The van der Waals surface area contributed by atoms with Crippen LogP contribution in [-0.2, 0) is 13.0 Å². The largest absolute Gasteiger partial charge is 0.465 e. The van der Waals surface area contributed by atoms with Gasteiger partial charge in [-0.3, -0.25) is 19.8 Å². The van der Waals surface area contributed by atoms with E-state index in [9.17, 15) is 9.90 Å². The lowest BCUT2D eigenvalue weighted by atomic mass is 9.91. The van der Waals surface area contributed by atoms with Crippen LogP contribution in [0.2, 0.25) is 0 Å². The van der Waals surface area contributed by atoms with Crippen LogP contribution in [0.4, 0.5) is 4.79 Å². The Balaban J connectivity index is 1.46. The highest BCUT2D eigenvalue weighted by Crippen LogP contribution is 2.32. The van der Waals surface area contributed by atoms with Gasteiger partial charge in [0.05, 0.1) is 23.5 Å². The van der Waals surface area contributed by atoms with Crippen molar-refractivity contribution in [3.8, 4) is 0 Å². The second kappa shape index (κ2) is 8.88. The summed E-state index contributed by atoms with van der Waals surface area (Å²) in [5.74, 6) is 0. The van der Waals surface area contributed by atoms with Crippen molar-refractivity contribution in [2.24, 2.45) is 0 Å². The monoisotopic (exact) mass is 395 g/mol. The van der Waals surface area contributed by atoms with Crippen LogP contribution in [0.1, 0.15) is 35.8 Å². The highest BCUT2D eigenvalue weighted by molar-refractivity contribution is 5.65. The van der Waals surface area contributed by atoms with Gasteiger partial charge in [0.1, 0.15) is 0 Å². The fourth-order valence-electron chi connectivity index (χ4n) is 4.67. The van der Waals surface area contributed by atoms with Crippen LogP contribution in [-0.4, -0.2) is 75.1 Å². The van der Waals surface area contributed by atoms with Gasteiger partial charge in [-0.15, -0.1) is 0 Å². The van der Waals surface area contributed by atoms with Crippen molar-refractivity contribution >= 4 is 6.09 Å². The average molecular weight is 396 g/mol. The van der Waals surface area contributed by atoms with Gasteiger partial charge < -0.3 is 10.0 Å². The Bertz CT molecular complexity index is 831. The molecule has 7 heteroatoms. The summed E-state index contributed by atoms with van der Waals surface area (Å²) >= 11 is 0. The third-order valence-electron chi connectivity index (χ3n) is 6.12. The summed E-state index contributed by atoms with van der Waals surface area (Å²) in [7, 11) is 2.10. The van der Waals surface area contributed by atoms with Gasteiger partial charge in [-0.1, -0.05) is 12.1 Å². The maximum atomic E-state index is 11.9. The van der Waals surface area contributed by atoms with Crippen LogP contribution >= 0.6 is 0 Å². The van der Waals surface area contributed by atoms with Gasteiger partial charge >= 0.3 is 6.09 Å². The first-order valence-electron chi connectivity index (χ1n) is 10.4. The molecule has 2 atom stereocenters. The van der Waals surface area contributed by atoms with E-state index in [-0.39, 0.29) is 12.1 Å². The molecular formula is C22H29N5O2. The van der Waals surface area contributed by atoms with E-state index in [1.54, 1.807) is 4.90 Å². The molecule has 0 unspecified atom stereocenters. The van der Waals surface area contributed by atoms with Crippen molar-refractivity contribution in [2.45, 2.75) is 37.9 Å². The summed E-state index contributed by atoms with van der Waals surface area (Å²) in [6, 6.07) is 10.3. The Morgan fingerprint density at radius 3 is 2.86 bits per heavy atom. The average Bonchev–Trinajstić information content (AvgIpc) is 2.74. The van der Waals surface area contributed by atoms with Gasteiger partial charge in [0, 0.05) is 45.1 Å². The Kier molecular flexibility index (Phi) is 6.06. The molecule has 3 heterocycles. The van der Waals surface area contributed by atoms with Gasteiger partial charge in [0.15, 0.2) is 0 Å². The van der Waals surface area contributed by atoms with Gasteiger partial charge in [-0.05, 0) is 50.1 Å². The molecule has 2 aliphatic rings. The van der Waals surface area contributed by atoms with Crippen LogP contribution in [0, 0.1) is 0 Å². The summed E-state index contributed by atoms with van der Waals surface area (Å²) in [6.45, 7) is 3.43. The van der Waals surface area contributed by atoms with Gasteiger partial charge in [-0.25, -0.2) is 4.79 Å². The summed E-state index contributed by atoms with van der Waals surface area (Å²) in [5, 5.41) is 9.73. The predicted molar refractivity (Wildman–Crippen MR) is 111 cm³/mol. The number of amides is 1. The zero-order chi connectivity index (χ0) is 20.2. The van der Waals surface area contributed by atoms with E-state index in [0.29, 0.717) is 13.1 Å². The SMILES string of the molecule is CN(C[C@H]1CN(Cc2ccccn2)CCN1C(=O)O)[C@H]1CCCc2cccnc21. The maximum Gasteiger partial charge on any atom is 0.407 e. The van der Waals surface area contributed by atoms with Crippen molar-refractivity contribution in [2.75, 3.05) is 33.2 Å². The van der Waals surface area contributed by atoms with Crippen molar-refractivity contribution in [1.82, 2.24) is 24.7 Å². The number of hydrogen-bond acceptors (Lipinski definition) is 5. The fraction of sp³-hybridized carbons (Fsp3) is 0.500. The number of rotatable bonds is 5. The molecule has 2 aromatic heterocycles. The number of pyridine rings is 2. The molecule has 1 aliphatic carbocycles. The Labute approximate surface area is 172 Å². The minimum Gasteiger partial charge on any atom is -0.465 e. The first-order valence-corrected chi connectivity index (χ1v) is 10.4. The second-order valence-corrected chi connectivity index (χ2v) is 8.08. The first kappa shape index (κ1) is 19.8. The summed E-state index contributed by atoms with van der Waals surface area (Å²) < 4.78 is 0.